The van der Waals surface area contributed by atoms with Gasteiger partial charge >= 0.3 is 0 Å². The predicted octanol–water partition coefficient (Wildman–Crippen LogP) is 2.20. The molecule has 30 heavy (non-hydrogen) atoms. The molecular formula is C21H20ClN5O3. The summed E-state index contributed by atoms with van der Waals surface area (Å²) in [5, 5.41) is 0.569. The molecule has 2 aliphatic rings. The summed E-state index contributed by atoms with van der Waals surface area (Å²) in [5.74, 6) is 1.87. The van der Waals surface area contributed by atoms with Gasteiger partial charge in [-0.05, 0) is 30.3 Å². The molecule has 1 N–H and O–H groups in total. The van der Waals surface area contributed by atoms with Crippen molar-refractivity contribution in [1.29, 1.82) is 0 Å². The largest absolute Gasteiger partial charge is 0.487 e. The number of hydroxylamine groups is 1. The van der Waals surface area contributed by atoms with Crippen LogP contribution in [0.5, 0.6) is 5.75 Å². The molecule has 9 heteroatoms. The first-order valence-electron chi connectivity index (χ1n) is 9.70. The van der Waals surface area contributed by atoms with E-state index in [-0.39, 0.29) is 12.2 Å². The summed E-state index contributed by atoms with van der Waals surface area (Å²) in [5.41, 5.74) is 4.30. The van der Waals surface area contributed by atoms with Crippen molar-refractivity contribution in [2.45, 2.75) is 12.6 Å². The van der Waals surface area contributed by atoms with Crippen LogP contribution in [-0.4, -0.2) is 40.3 Å². The third-order valence-corrected chi connectivity index (χ3v) is 5.60. The third kappa shape index (κ3) is 3.89. The van der Waals surface area contributed by atoms with Crippen LogP contribution in [0.1, 0.15) is 5.69 Å². The summed E-state index contributed by atoms with van der Waals surface area (Å²) in [6, 6.07) is 10.9. The van der Waals surface area contributed by atoms with Crippen molar-refractivity contribution in [3.05, 3.63) is 76.1 Å². The standard InChI is InChI=1S/C21H20ClN5O3/c22-15-1-2-16(23-8-15)13-29-18-5-6-27(21(28)7-18)17-3-4-20(24-9-17)26-10-14-12-30-25-19(14)11-26/h1-9,14,19,25H,10-13H2. The van der Waals surface area contributed by atoms with E-state index in [2.05, 4.69) is 20.3 Å². The summed E-state index contributed by atoms with van der Waals surface area (Å²) in [6.07, 6.45) is 4.96. The van der Waals surface area contributed by atoms with Gasteiger partial charge < -0.3 is 14.5 Å². The minimum atomic E-state index is -0.192. The summed E-state index contributed by atoms with van der Waals surface area (Å²) in [7, 11) is 0. The molecule has 2 aliphatic heterocycles. The second-order valence-corrected chi connectivity index (χ2v) is 7.84. The highest BCUT2D eigenvalue weighted by Crippen LogP contribution is 2.26. The van der Waals surface area contributed by atoms with E-state index >= 15 is 0 Å². The van der Waals surface area contributed by atoms with Crippen LogP contribution in [0, 0.1) is 5.92 Å². The highest BCUT2D eigenvalue weighted by molar-refractivity contribution is 6.30. The lowest BCUT2D eigenvalue weighted by Crippen LogP contribution is -2.29. The lowest BCUT2D eigenvalue weighted by Gasteiger charge is -2.18. The Labute approximate surface area is 178 Å². The molecule has 0 aliphatic carbocycles. The zero-order valence-electron chi connectivity index (χ0n) is 16.1. The molecule has 0 bridgehead atoms. The highest BCUT2D eigenvalue weighted by Gasteiger charge is 2.37. The monoisotopic (exact) mass is 425 g/mol. The third-order valence-electron chi connectivity index (χ3n) is 5.37. The van der Waals surface area contributed by atoms with E-state index in [9.17, 15) is 4.79 Å². The van der Waals surface area contributed by atoms with Gasteiger partial charge in [0.05, 0.1) is 35.2 Å². The smallest absolute Gasteiger partial charge is 0.258 e. The fourth-order valence-corrected chi connectivity index (χ4v) is 3.86. The lowest BCUT2D eigenvalue weighted by molar-refractivity contribution is 0.0846. The van der Waals surface area contributed by atoms with Crippen LogP contribution >= 0.6 is 11.6 Å². The summed E-state index contributed by atoms with van der Waals surface area (Å²) in [6.45, 7) is 2.77. The number of pyridine rings is 3. The number of fused-ring (bicyclic) bond motifs is 1. The van der Waals surface area contributed by atoms with E-state index < -0.39 is 0 Å². The van der Waals surface area contributed by atoms with Gasteiger partial charge in [0, 0.05) is 37.5 Å². The fourth-order valence-electron chi connectivity index (χ4n) is 3.74. The van der Waals surface area contributed by atoms with Crippen LogP contribution in [0.2, 0.25) is 5.02 Å². The molecule has 2 fully saturated rings. The number of anilines is 1. The average molecular weight is 426 g/mol. The topological polar surface area (TPSA) is 81.5 Å². The Balaban J connectivity index is 1.26. The Hall–Kier alpha value is -2.94. The van der Waals surface area contributed by atoms with Crippen molar-refractivity contribution in [2.75, 3.05) is 24.6 Å². The number of nitrogens with one attached hydrogen (secondary N) is 1. The van der Waals surface area contributed by atoms with Crippen molar-refractivity contribution in [1.82, 2.24) is 20.0 Å². The predicted molar refractivity (Wildman–Crippen MR) is 112 cm³/mol. The maximum Gasteiger partial charge on any atom is 0.258 e. The minimum absolute atomic E-state index is 0.192. The molecule has 3 aromatic rings. The zero-order chi connectivity index (χ0) is 20.5. The molecule has 2 unspecified atom stereocenters. The molecule has 0 saturated carbocycles. The normalized spacial score (nSPS) is 20.4. The number of nitrogens with zero attached hydrogens (tertiary/aromatic N) is 4. The molecule has 0 amide bonds. The summed E-state index contributed by atoms with van der Waals surface area (Å²) >= 11 is 5.83. The first-order valence-corrected chi connectivity index (χ1v) is 10.1. The number of hydrogen-bond donors (Lipinski definition) is 1. The molecular weight excluding hydrogens is 406 g/mol. The number of halogens is 1. The second-order valence-electron chi connectivity index (χ2n) is 7.40. The maximum atomic E-state index is 12.6. The molecule has 0 radical (unpaired) electrons. The molecule has 8 nitrogen and oxygen atoms in total. The summed E-state index contributed by atoms with van der Waals surface area (Å²) in [4.78, 5) is 28.8. The van der Waals surface area contributed by atoms with Crippen molar-refractivity contribution >= 4 is 17.4 Å². The Morgan fingerprint density at radius 1 is 1.17 bits per heavy atom. The van der Waals surface area contributed by atoms with Gasteiger partial charge in [-0.25, -0.2) is 4.98 Å². The number of aromatic nitrogens is 3. The van der Waals surface area contributed by atoms with Gasteiger partial charge in [0.25, 0.3) is 5.56 Å². The molecule has 0 spiro atoms. The van der Waals surface area contributed by atoms with Crippen LogP contribution in [-0.2, 0) is 11.4 Å². The molecule has 2 saturated heterocycles. The Morgan fingerprint density at radius 2 is 2.10 bits per heavy atom. The maximum absolute atomic E-state index is 12.6. The van der Waals surface area contributed by atoms with E-state index in [0.717, 1.165) is 31.2 Å². The Bertz CT molecular complexity index is 1080. The van der Waals surface area contributed by atoms with E-state index in [4.69, 9.17) is 21.2 Å². The first-order chi connectivity index (χ1) is 14.7. The quantitative estimate of drug-likeness (QED) is 0.671. The Kier molecular flexibility index (Phi) is 5.12. The van der Waals surface area contributed by atoms with Gasteiger partial charge in [-0.15, -0.1) is 0 Å². The van der Waals surface area contributed by atoms with Crippen LogP contribution in [0.15, 0.2) is 59.8 Å². The van der Waals surface area contributed by atoms with Crippen LogP contribution in [0.25, 0.3) is 5.69 Å². The van der Waals surface area contributed by atoms with Gasteiger partial charge in [-0.3, -0.25) is 14.3 Å². The van der Waals surface area contributed by atoms with E-state index in [1.807, 2.05) is 12.1 Å². The first kappa shape index (κ1) is 19.0. The highest BCUT2D eigenvalue weighted by atomic mass is 35.5. The SMILES string of the molecule is O=c1cc(OCc2ccc(Cl)cn2)ccn1-c1ccc(N2CC3CONC3C2)nc1. The van der Waals surface area contributed by atoms with E-state index in [1.54, 1.807) is 36.8 Å². The summed E-state index contributed by atoms with van der Waals surface area (Å²) < 4.78 is 7.21. The van der Waals surface area contributed by atoms with Crippen LogP contribution < -0.4 is 20.7 Å². The van der Waals surface area contributed by atoms with Gasteiger partial charge in [-0.1, -0.05) is 11.6 Å². The second kappa shape index (κ2) is 8.06. The lowest BCUT2D eigenvalue weighted by atomic mass is 10.1. The fraction of sp³-hybridized carbons (Fsp3) is 0.286. The Morgan fingerprint density at radius 3 is 2.83 bits per heavy atom. The molecule has 154 valence electrons. The van der Waals surface area contributed by atoms with Gasteiger partial charge in [0.2, 0.25) is 0 Å². The van der Waals surface area contributed by atoms with Gasteiger partial charge in [0.15, 0.2) is 0 Å². The molecule has 0 aromatic carbocycles. The molecule has 3 aromatic heterocycles. The molecule has 2 atom stereocenters. The number of hydrogen-bond acceptors (Lipinski definition) is 7. The zero-order valence-corrected chi connectivity index (χ0v) is 16.8. The average Bonchev–Trinajstić information content (AvgIpc) is 3.36. The van der Waals surface area contributed by atoms with Crippen LogP contribution in [0.3, 0.4) is 0 Å². The van der Waals surface area contributed by atoms with Crippen molar-refractivity contribution < 1.29 is 9.57 Å². The number of rotatable bonds is 5. The minimum Gasteiger partial charge on any atom is -0.487 e. The van der Waals surface area contributed by atoms with Crippen molar-refractivity contribution in [2.24, 2.45) is 5.92 Å². The van der Waals surface area contributed by atoms with Gasteiger partial charge in [-0.2, -0.15) is 5.48 Å². The van der Waals surface area contributed by atoms with Crippen molar-refractivity contribution in [3.63, 3.8) is 0 Å². The van der Waals surface area contributed by atoms with Crippen molar-refractivity contribution in [3.8, 4) is 11.4 Å². The molecule has 5 rings (SSSR count). The molecule has 5 heterocycles. The van der Waals surface area contributed by atoms with E-state index in [0.29, 0.717) is 28.4 Å². The van der Waals surface area contributed by atoms with Crippen LogP contribution in [0.4, 0.5) is 5.82 Å². The number of ether oxygens (including phenoxy) is 1. The van der Waals surface area contributed by atoms with E-state index in [1.165, 1.54) is 10.6 Å². The van der Waals surface area contributed by atoms with Gasteiger partial charge in [0.1, 0.15) is 18.2 Å².